The van der Waals surface area contributed by atoms with E-state index in [4.69, 9.17) is 11.6 Å². The van der Waals surface area contributed by atoms with Crippen LogP contribution in [0.25, 0.3) is 0 Å². The van der Waals surface area contributed by atoms with Gasteiger partial charge in [0.05, 0.1) is 11.9 Å². The molecule has 2 aromatic rings. The summed E-state index contributed by atoms with van der Waals surface area (Å²) in [5.41, 5.74) is 2.08. The molecule has 7 nitrogen and oxygen atoms in total. The molecule has 0 fully saturated rings. The number of hydrogen-bond acceptors (Lipinski definition) is 4. The lowest BCUT2D eigenvalue weighted by Crippen LogP contribution is -2.49. The largest absolute Gasteiger partial charge is 0.354 e. The van der Waals surface area contributed by atoms with Crippen molar-refractivity contribution in [1.82, 2.24) is 10.2 Å². The average Bonchev–Trinajstić information content (AvgIpc) is 2.82. The van der Waals surface area contributed by atoms with Crippen molar-refractivity contribution < 1.29 is 18.0 Å². The topological polar surface area (TPSA) is 86.8 Å². The second-order valence-electron chi connectivity index (χ2n) is 9.39. The molecule has 0 bridgehead atoms. The van der Waals surface area contributed by atoms with Crippen LogP contribution in [0, 0.1) is 12.8 Å². The van der Waals surface area contributed by atoms with Gasteiger partial charge in [-0.2, -0.15) is 0 Å². The molecule has 0 radical (unpaired) electrons. The molecule has 0 spiro atoms. The van der Waals surface area contributed by atoms with Crippen LogP contribution in [0.15, 0.2) is 48.5 Å². The first-order valence-corrected chi connectivity index (χ1v) is 14.5. The van der Waals surface area contributed by atoms with E-state index in [0.717, 1.165) is 11.8 Å². The zero-order valence-corrected chi connectivity index (χ0v) is 23.4. The predicted octanol–water partition coefficient (Wildman–Crippen LogP) is 4.77. The number of rotatable bonds is 13. The molecule has 2 amide bonds. The van der Waals surface area contributed by atoms with Crippen molar-refractivity contribution in [2.75, 3.05) is 23.7 Å². The van der Waals surface area contributed by atoms with Gasteiger partial charge in [0.25, 0.3) is 0 Å². The molecule has 1 atom stereocenters. The van der Waals surface area contributed by atoms with Gasteiger partial charge in [0.1, 0.15) is 6.04 Å². The fourth-order valence-corrected chi connectivity index (χ4v) is 5.16. The smallest absolute Gasteiger partial charge is 0.242 e. The highest BCUT2D eigenvalue weighted by Crippen LogP contribution is 2.28. The van der Waals surface area contributed by atoms with E-state index in [9.17, 15) is 18.0 Å². The zero-order chi connectivity index (χ0) is 26.9. The van der Waals surface area contributed by atoms with Crippen molar-refractivity contribution in [2.24, 2.45) is 5.92 Å². The first-order valence-electron chi connectivity index (χ1n) is 12.3. The van der Waals surface area contributed by atoms with E-state index in [-0.39, 0.29) is 24.8 Å². The Morgan fingerprint density at radius 3 is 2.31 bits per heavy atom. The molecule has 36 heavy (non-hydrogen) atoms. The Morgan fingerprint density at radius 2 is 1.72 bits per heavy atom. The van der Waals surface area contributed by atoms with Crippen LogP contribution < -0.4 is 9.62 Å². The molecule has 1 unspecified atom stereocenters. The first kappa shape index (κ1) is 29.6. The highest BCUT2D eigenvalue weighted by Gasteiger charge is 2.29. The molecule has 0 aliphatic heterocycles. The number of carbonyl (C=O) groups is 2. The second kappa shape index (κ2) is 13.7. The maximum absolute atomic E-state index is 13.4. The van der Waals surface area contributed by atoms with Gasteiger partial charge < -0.3 is 10.2 Å². The summed E-state index contributed by atoms with van der Waals surface area (Å²) >= 11 is 6.22. The normalized spacial score (nSPS) is 12.3. The Labute approximate surface area is 220 Å². The van der Waals surface area contributed by atoms with Crippen LogP contribution in [0.2, 0.25) is 5.02 Å². The summed E-state index contributed by atoms with van der Waals surface area (Å²) < 4.78 is 26.4. The minimum atomic E-state index is -3.59. The lowest BCUT2D eigenvalue weighted by Gasteiger charge is -2.31. The molecule has 2 rings (SSSR count). The molecular weight excluding hydrogens is 498 g/mol. The summed E-state index contributed by atoms with van der Waals surface area (Å²) in [5.74, 6) is -0.0777. The molecule has 9 heteroatoms. The summed E-state index contributed by atoms with van der Waals surface area (Å²) in [6.07, 6.45) is 2.02. The number of amides is 2. The van der Waals surface area contributed by atoms with Crippen molar-refractivity contribution in [3.05, 3.63) is 64.7 Å². The number of sulfonamides is 1. The van der Waals surface area contributed by atoms with E-state index in [1.54, 1.807) is 30.0 Å². The van der Waals surface area contributed by atoms with Crippen molar-refractivity contribution in [1.29, 1.82) is 0 Å². The van der Waals surface area contributed by atoms with Crippen LogP contribution in [0.4, 0.5) is 5.69 Å². The number of halogens is 1. The molecule has 0 heterocycles. The van der Waals surface area contributed by atoms with Gasteiger partial charge in [-0.1, -0.05) is 68.8 Å². The Balaban J connectivity index is 2.21. The predicted molar refractivity (Wildman–Crippen MR) is 147 cm³/mol. The summed E-state index contributed by atoms with van der Waals surface area (Å²) in [6.45, 7) is 8.65. The summed E-state index contributed by atoms with van der Waals surface area (Å²) in [7, 11) is -3.59. The van der Waals surface area contributed by atoms with E-state index in [1.807, 2.05) is 51.1 Å². The highest BCUT2D eigenvalue weighted by atomic mass is 35.5. The number of nitrogens with zero attached hydrogens (tertiary/aromatic N) is 2. The molecule has 0 aliphatic carbocycles. The summed E-state index contributed by atoms with van der Waals surface area (Å²) in [5, 5.41) is 3.42. The number of hydrogen-bond donors (Lipinski definition) is 1. The Kier molecular flexibility index (Phi) is 11.2. The van der Waals surface area contributed by atoms with Crippen LogP contribution >= 0.6 is 11.6 Å². The van der Waals surface area contributed by atoms with E-state index >= 15 is 0 Å². The number of nitrogens with one attached hydrogen (secondary N) is 1. The molecule has 0 saturated heterocycles. The number of anilines is 1. The van der Waals surface area contributed by atoms with E-state index in [0.29, 0.717) is 48.1 Å². The lowest BCUT2D eigenvalue weighted by atomic mass is 10.1. The second-order valence-corrected chi connectivity index (χ2v) is 11.7. The molecular formula is C27H38ClN3O4S. The Morgan fingerprint density at radius 1 is 1.06 bits per heavy atom. The molecule has 0 aromatic heterocycles. The van der Waals surface area contributed by atoms with Crippen LogP contribution in [-0.2, 0) is 26.2 Å². The lowest BCUT2D eigenvalue weighted by molar-refractivity contribution is -0.141. The highest BCUT2D eigenvalue weighted by molar-refractivity contribution is 7.92. The van der Waals surface area contributed by atoms with E-state index in [1.165, 1.54) is 4.31 Å². The maximum atomic E-state index is 13.4. The van der Waals surface area contributed by atoms with Gasteiger partial charge >= 0.3 is 0 Å². The summed E-state index contributed by atoms with van der Waals surface area (Å²) in [4.78, 5) is 28.0. The Bertz CT molecular complexity index is 1120. The molecule has 0 aliphatic rings. The monoisotopic (exact) mass is 535 g/mol. The van der Waals surface area contributed by atoms with E-state index < -0.39 is 16.1 Å². The van der Waals surface area contributed by atoms with Gasteiger partial charge in [-0.15, -0.1) is 0 Å². The van der Waals surface area contributed by atoms with Crippen LogP contribution in [-0.4, -0.2) is 50.5 Å². The van der Waals surface area contributed by atoms with Crippen molar-refractivity contribution in [2.45, 2.75) is 59.5 Å². The number of benzene rings is 2. The van der Waals surface area contributed by atoms with Gasteiger partial charge in [0.15, 0.2) is 0 Å². The van der Waals surface area contributed by atoms with Crippen molar-refractivity contribution >= 4 is 39.1 Å². The SMILES string of the molecule is CCC(C(=O)NCC(C)C)N(Cc1ccccc1)C(=O)CCCN(c1cccc(Cl)c1C)S(C)(=O)=O. The minimum Gasteiger partial charge on any atom is -0.354 e. The van der Waals surface area contributed by atoms with Crippen molar-refractivity contribution in [3.63, 3.8) is 0 Å². The fraction of sp³-hybridized carbons (Fsp3) is 0.481. The average molecular weight is 536 g/mol. The minimum absolute atomic E-state index is 0.104. The van der Waals surface area contributed by atoms with Gasteiger partial charge in [-0.05, 0) is 48.9 Å². The Hall–Kier alpha value is -2.58. The quantitative estimate of drug-likeness (QED) is 0.400. The van der Waals surface area contributed by atoms with Crippen molar-refractivity contribution in [3.8, 4) is 0 Å². The third-order valence-corrected chi connectivity index (χ3v) is 7.52. The third kappa shape index (κ3) is 8.52. The molecule has 1 N–H and O–H groups in total. The van der Waals surface area contributed by atoms with Crippen LogP contribution in [0.3, 0.4) is 0 Å². The zero-order valence-electron chi connectivity index (χ0n) is 21.8. The third-order valence-electron chi connectivity index (χ3n) is 5.93. The molecule has 0 saturated carbocycles. The standard InChI is InChI=1S/C27H38ClN3O4S/c1-6-24(27(33)29-18-20(2)3)30(19-22-12-8-7-9-13-22)26(32)16-11-17-31(36(5,34)35)25-15-10-14-23(28)21(25)4/h7-10,12-15,20,24H,6,11,16-19H2,1-5H3,(H,29,33). The maximum Gasteiger partial charge on any atom is 0.242 e. The summed E-state index contributed by atoms with van der Waals surface area (Å²) in [6, 6.07) is 14.1. The fourth-order valence-electron chi connectivity index (χ4n) is 3.97. The number of carbonyl (C=O) groups excluding carboxylic acids is 2. The van der Waals surface area contributed by atoms with Gasteiger partial charge in [-0.25, -0.2) is 8.42 Å². The van der Waals surface area contributed by atoms with Gasteiger partial charge in [0.2, 0.25) is 21.8 Å². The molecule has 198 valence electrons. The van der Waals surface area contributed by atoms with Gasteiger partial charge in [-0.3, -0.25) is 13.9 Å². The van der Waals surface area contributed by atoms with E-state index in [2.05, 4.69) is 5.32 Å². The van der Waals surface area contributed by atoms with Crippen LogP contribution in [0.1, 0.15) is 51.2 Å². The van der Waals surface area contributed by atoms with Gasteiger partial charge in [0, 0.05) is 31.1 Å². The van der Waals surface area contributed by atoms with Crippen LogP contribution in [0.5, 0.6) is 0 Å². The molecule has 2 aromatic carbocycles. The first-order chi connectivity index (χ1) is 17.0.